The van der Waals surface area contributed by atoms with Crippen LogP contribution in [0.2, 0.25) is 0 Å². The zero-order valence-corrected chi connectivity index (χ0v) is 15.5. The zero-order valence-electron chi connectivity index (χ0n) is 15.5. The summed E-state index contributed by atoms with van der Waals surface area (Å²) in [5.41, 5.74) is 10.1. The van der Waals surface area contributed by atoms with Crippen LogP contribution in [0.1, 0.15) is 16.1 Å². The molecule has 8 nitrogen and oxygen atoms in total. The Morgan fingerprint density at radius 3 is 2.41 bits per heavy atom. The third-order valence-corrected chi connectivity index (χ3v) is 4.40. The van der Waals surface area contributed by atoms with E-state index in [0.29, 0.717) is 23.0 Å². The van der Waals surface area contributed by atoms with E-state index >= 15 is 0 Å². The van der Waals surface area contributed by atoms with Crippen LogP contribution in [-0.2, 0) is 0 Å². The molecule has 4 rings (SSSR count). The van der Waals surface area contributed by atoms with Crippen molar-refractivity contribution < 1.29 is 9.90 Å². The van der Waals surface area contributed by atoms with Gasteiger partial charge in [0.25, 0.3) is 0 Å². The predicted octanol–water partition coefficient (Wildman–Crippen LogP) is 4.10. The molecule has 29 heavy (non-hydrogen) atoms. The number of nitrogen functional groups attached to an aromatic ring is 1. The molecule has 0 bridgehead atoms. The Balaban J connectivity index is 1.63. The minimum atomic E-state index is -0.982. The van der Waals surface area contributed by atoms with Crippen molar-refractivity contribution in [2.45, 2.75) is 6.92 Å². The second-order valence-electron chi connectivity index (χ2n) is 6.44. The molecule has 0 radical (unpaired) electrons. The molecular weight excluding hydrogens is 368 g/mol. The fourth-order valence-electron chi connectivity index (χ4n) is 2.92. The first-order chi connectivity index (χ1) is 14.0. The number of pyridine rings is 1. The van der Waals surface area contributed by atoms with Gasteiger partial charge in [0.2, 0.25) is 0 Å². The number of nitrogens with one attached hydrogen (secondary N) is 2. The molecule has 0 saturated heterocycles. The summed E-state index contributed by atoms with van der Waals surface area (Å²) >= 11 is 0. The largest absolute Gasteiger partial charge is 0.478 e. The first-order valence-corrected chi connectivity index (χ1v) is 8.85. The molecule has 0 spiro atoms. The molecule has 144 valence electrons. The van der Waals surface area contributed by atoms with E-state index in [0.717, 1.165) is 22.3 Å². The first-order valence-electron chi connectivity index (χ1n) is 8.85. The van der Waals surface area contributed by atoms with Crippen molar-refractivity contribution in [2.24, 2.45) is 0 Å². The summed E-state index contributed by atoms with van der Waals surface area (Å²) in [5.74, 6) is -0.109. The van der Waals surface area contributed by atoms with Crippen molar-refractivity contribution >= 4 is 45.6 Å². The van der Waals surface area contributed by atoms with E-state index in [1.54, 1.807) is 12.1 Å². The number of rotatable bonds is 5. The van der Waals surface area contributed by atoms with E-state index in [1.165, 1.54) is 18.5 Å². The van der Waals surface area contributed by atoms with Gasteiger partial charge in [0.05, 0.1) is 11.1 Å². The Hall–Kier alpha value is -4.20. The smallest absolute Gasteiger partial charge is 0.335 e. The molecular formula is C21H18N6O2. The molecule has 2 aromatic heterocycles. The number of nitrogens with two attached hydrogens (primary N) is 1. The zero-order chi connectivity index (χ0) is 20.4. The minimum absolute atomic E-state index is 0.202. The van der Waals surface area contributed by atoms with Crippen LogP contribution in [0.3, 0.4) is 0 Å². The number of aryl methyl sites for hydroxylation is 1. The van der Waals surface area contributed by atoms with Gasteiger partial charge in [0.15, 0.2) is 11.6 Å². The number of fused-ring (bicyclic) bond motifs is 1. The molecule has 0 fully saturated rings. The lowest BCUT2D eigenvalue weighted by atomic mass is 10.1. The van der Waals surface area contributed by atoms with Crippen LogP contribution in [0.4, 0.5) is 28.7 Å². The Morgan fingerprint density at radius 1 is 0.966 bits per heavy atom. The molecule has 0 saturated carbocycles. The fourth-order valence-corrected chi connectivity index (χ4v) is 2.92. The van der Waals surface area contributed by atoms with Gasteiger partial charge in [-0.2, -0.15) is 0 Å². The van der Waals surface area contributed by atoms with Crippen molar-refractivity contribution in [3.05, 3.63) is 72.2 Å². The van der Waals surface area contributed by atoms with Crippen LogP contribution in [0.15, 0.2) is 60.9 Å². The van der Waals surface area contributed by atoms with Crippen LogP contribution >= 0.6 is 0 Å². The van der Waals surface area contributed by atoms with Gasteiger partial charge in [-0.05, 0) is 55.5 Å². The molecule has 8 heteroatoms. The van der Waals surface area contributed by atoms with Crippen molar-refractivity contribution in [2.75, 3.05) is 16.4 Å². The Kier molecular flexibility index (Phi) is 4.66. The number of carboxylic acids is 1. The quantitative estimate of drug-likeness (QED) is 0.404. The number of hydrogen-bond acceptors (Lipinski definition) is 7. The summed E-state index contributed by atoms with van der Waals surface area (Å²) in [6.07, 6.45) is 1.40. The van der Waals surface area contributed by atoms with Crippen LogP contribution in [0.5, 0.6) is 0 Å². The summed E-state index contributed by atoms with van der Waals surface area (Å²) in [5, 5.41) is 16.3. The van der Waals surface area contributed by atoms with E-state index < -0.39 is 5.97 Å². The molecule has 0 aliphatic rings. The maximum Gasteiger partial charge on any atom is 0.335 e. The third kappa shape index (κ3) is 3.77. The highest BCUT2D eigenvalue weighted by Crippen LogP contribution is 2.31. The SMILES string of the molecule is Cc1ccc2c(Nc3ncnc(Nc4ccc(C(=O)O)cc4)c3N)cccc2n1. The average molecular weight is 386 g/mol. The van der Waals surface area contributed by atoms with Crippen LogP contribution in [-0.4, -0.2) is 26.0 Å². The van der Waals surface area contributed by atoms with Gasteiger partial charge in [-0.1, -0.05) is 6.07 Å². The highest BCUT2D eigenvalue weighted by molar-refractivity contribution is 5.94. The number of aromatic carboxylic acids is 1. The second-order valence-corrected chi connectivity index (χ2v) is 6.44. The van der Waals surface area contributed by atoms with E-state index in [-0.39, 0.29) is 5.56 Å². The number of carbonyl (C=O) groups is 1. The van der Waals surface area contributed by atoms with Crippen molar-refractivity contribution in [1.29, 1.82) is 0 Å². The molecule has 0 amide bonds. The topological polar surface area (TPSA) is 126 Å². The second kappa shape index (κ2) is 7.43. The predicted molar refractivity (Wildman–Crippen MR) is 113 cm³/mol. The lowest BCUT2D eigenvalue weighted by molar-refractivity contribution is 0.0697. The van der Waals surface area contributed by atoms with Gasteiger partial charge < -0.3 is 21.5 Å². The van der Waals surface area contributed by atoms with Gasteiger partial charge >= 0.3 is 5.97 Å². The normalized spacial score (nSPS) is 10.7. The lowest BCUT2D eigenvalue weighted by Crippen LogP contribution is -2.05. The van der Waals surface area contributed by atoms with Crippen LogP contribution in [0.25, 0.3) is 10.9 Å². The molecule has 0 aliphatic heterocycles. The molecule has 4 aromatic rings. The Bertz CT molecular complexity index is 1210. The first kappa shape index (κ1) is 18.2. The number of nitrogens with zero attached hydrogens (tertiary/aromatic N) is 3. The maximum absolute atomic E-state index is 11.0. The number of carboxylic acid groups (broad SMARTS) is 1. The molecule has 0 unspecified atom stereocenters. The summed E-state index contributed by atoms with van der Waals surface area (Å²) in [6, 6.07) is 16.1. The van der Waals surface area contributed by atoms with E-state index in [2.05, 4.69) is 25.6 Å². The molecule has 0 atom stereocenters. The maximum atomic E-state index is 11.0. The fraction of sp³-hybridized carbons (Fsp3) is 0.0476. The molecule has 2 aromatic carbocycles. The summed E-state index contributed by atoms with van der Waals surface area (Å²) < 4.78 is 0. The molecule has 0 aliphatic carbocycles. The summed E-state index contributed by atoms with van der Waals surface area (Å²) in [6.45, 7) is 1.95. The minimum Gasteiger partial charge on any atom is -0.478 e. The van der Waals surface area contributed by atoms with Gasteiger partial charge in [-0.25, -0.2) is 14.8 Å². The van der Waals surface area contributed by atoms with E-state index in [1.807, 2.05) is 37.3 Å². The monoisotopic (exact) mass is 386 g/mol. The van der Waals surface area contributed by atoms with Crippen LogP contribution < -0.4 is 16.4 Å². The standard InChI is InChI=1S/C21H18N6O2/c1-12-5-10-15-16(25-12)3-2-4-17(15)27-20-18(22)19(23-11-24-20)26-14-8-6-13(7-9-14)21(28)29/h2-11H,22H2,1H3,(H,28,29)(H2,23,24,26,27). The summed E-state index contributed by atoms with van der Waals surface area (Å²) in [7, 11) is 0. The highest BCUT2D eigenvalue weighted by atomic mass is 16.4. The Morgan fingerprint density at radius 2 is 1.69 bits per heavy atom. The van der Waals surface area contributed by atoms with Gasteiger partial charge in [-0.3, -0.25) is 4.98 Å². The van der Waals surface area contributed by atoms with Crippen molar-refractivity contribution in [3.8, 4) is 0 Å². The molecule has 5 N–H and O–H groups in total. The van der Waals surface area contributed by atoms with Crippen molar-refractivity contribution in [3.63, 3.8) is 0 Å². The van der Waals surface area contributed by atoms with Gasteiger partial charge in [0, 0.05) is 22.5 Å². The third-order valence-electron chi connectivity index (χ3n) is 4.40. The average Bonchev–Trinajstić information content (AvgIpc) is 2.71. The van der Waals surface area contributed by atoms with E-state index in [9.17, 15) is 4.79 Å². The number of aromatic nitrogens is 3. The highest BCUT2D eigenvalue weighted by Gasteiger charge is 2.11. The number of hydrogen-bond donors (Lipinski definition) is 4. The molecule has 2 heterocycles. The van der Waals surface area contributed by atoms with E-state index in [4.69, 9.17) is 10.8 Å². The van der Waals surface area contributed by atoms with Gasteiger partial charge in [0.1, 0.15) is 12.0 Å². The van der Waals surface area contributed by atoms with Crippen LogP contribution in [0, 0.1) is 6.92 Å². The lowest BCUT2D eigenvalue weighted by Gasteiger charge is -2.14. The summed E-state index contributed by atoms with van der Waals surface area (Å²) in [4.78, 5) is 24.0. The Labute approximate surface area is 166 Å². The van der Waals surface area contributed by atoms with Gasteiger partial charge in [-0.15, -0.1) is 0 Å². The number of benzene rings is 2. The van der Waals surface area contributed by atoms with Crippen molar-refractivity contribution in [1.82, 2.24) is 15.0 Å². The number of anilines is 5.